The fraction of sp³-hybridized carbons (Fsp3) is 0.367. The van der Waals surface area contributed by atoms with Crippen LogP contribution in [0.4, 0.5) is 0 Å². The summed E-state index contributed by atoms with van der Waals surface area (Å²) >= 11 is 0. The molecule has 1 aliphatic rings. The number of rotatable bonds is 9. The van der Waals surface area contributed by atoms with E-state index in [9.17, 15) is 4.79 Å². The SMILES string of the molecule is COc1cc2c(cc1OC)[C@@H](COc1ccc(C(C)C)cc1)N(C(=O)c1cccc(OC)c1OC)CC2. The van der Waals surface area contributed by atoms with E-state index in [1.165, 1.54) is 5.56 Å². The van der Waals surface area contributed by atoms with Crippen molar-refractivity contribution in [1.82, 2.24) is 4.90 Å². The summed E-state index contributed by atoms with van der Waals surface area (Å²) in [5.74, 6) is 3.24. The fourth-order valence-electron chi connectivity index (χ4n) is 4.79. The molecule has 0 N–H and O–H groups in total. The standard InChI is InChI=1S/C30H35NO6/c1-19(2)20-10-12-22(13-11-20)37-18-25-24-17-28(35-5)27(34-4)16-21(24)14-15-31(25)30(32)23-8-7-9-26(33-3)29(23)36-6/h7-13,16-17,19,25H,14-15,18H2,1-6H3/t25-/m1/s1. The second kappa shape index (κ2) is 11.5. The molecule has 0 aromatic heterocycles. The van der Waals surface area contributed by atoms with Gasteiger partial charge in [-0.3, -0.25) is 4.79 Å². The Balaban J connectivity index is 1.72. The number of hydrogen-bond acceptors (Lipinski definition) is 6. The normalized spacial score (nSPS) is 14.7. The number of carbonyl (C=O) groups is 1. The molecule has 1 heterocycles. The molecule has 0 saturated carbocycles. The van der Waals surface area contributed by atoms with Crippen LogP contribution in [0.15, 0.2) is 54.6 Å². The summed E-state index contributed by atoms with van der Waals surface area (Å²) in [5.41, 5.74) is 3.76. The molecule has 3 aromatic rings. The zero-order valence-corrected chi connectivity index (χ0v) is 22.4. The van der Waals surface area contributed by atoms with Crippen molar-refractivity contribution in [3.8, 4) is 28.7 Å². The molecule has 0 bridgehead atoms. The second-order valence-corrected chi connectivity index (χ2v) is 9.25. The van der Waals surface area contributed by atoms with Crippen LogP contribution in [0.3, 0.4) is 0 Å². The number of ether oxygens (including phenoxy) is 5. The second-order valence-electron chi connectivity index (χ2n) is 9.25. The lowest BCUT2D eigenvalue weighted by Gasteiger charge is -2.38. The Morgan fingerprint density at radius 2 is 1.57 bits per heavy atom. The summed E-state index contributed by atoms with van der Waals surface area (Å²) < 4.78 is 28.4. The topological polar surface area (TPSA) is 66.5 Å². The van der Waals surface area contributed by atoms with E-state index >= 15 is 0 Å². The molecule has 3 aromatic carbocycles. The number of benzene rings is 3. The van der Waals surface area contributed by atoms with Crippen LogP contribution in [-0.2, 0) is 6.42 Å². The Kier molecular flexibility index (Phi) is 8.11. The average Bonchev–Trinajstić information content (AvgIpc) is 2.94. The van der Waals surface area contributed by atoms with E-state index in [0.717, 1.165) is 16.9 Å². The summed E-state index contributed by atoms with van der Waals surface area (Å²) in [6, 6.07) is 17.0. The van der Waals surface area contributed by atoms with Gasteiger partial charge in [-0.15, -0.1) is 0 Å². The Morgan fingerprint density at radius 1 is 0.892 bits per heavy atom. The number of carbonyl (C=O) groups excluding carboxylic acids is 1. The highest BCUT2D eigenvalue weighted by Crippen LogP contribution is 2.40. The fourth-order valence-corrected chi connectivity index (χ4v) is 4.79. The van der Waals surface area contributed by atoms with Crippen molar-refractivity contribution in [3.05, 3.63) is 76.9 Å². The van der Waals surface area contributed by atoms with Crippen molar-refractivity contribution in [2.24, 2.45) is 0 Å². The highest BCUT2D eigenvalue weighted by atomic mass is 16.5. The molecule has 0 fully saturated rings. The van der Waals surface area contributed by atoms with Crippen LogP contribution in [0.1, 0.15) is 52.9 Å². The first-order chi connectivity index (χ1) is 17.9. The molecule has 7 nitrogen and oxygen atoms in total. The van der Waals surface area contributed by atoms with Crippen LogP contribution < -0.4 is 23.7 Å². The van der Waals surface area contributed by atoms with Gasteiger partial charge >= 0.3 is 0 Å². The summed E-state index contributed by atoms with van der Waals surface area (Å²) in [4.78, 5) is 15.8. The van der Waals surface area contributed by atoms with E-state index in [4.69, 9.17) is 23.7 Å². The largest absolute Gasteiger partial charge is 0.493 e. The van der Waals surface area contributed by atoms with Crippen LogP contribution in [0, 0.1) is 0 Å². The van der Waals surface area contributed by atoms with Gasteiger partial charge in [-0.25, -0.2) is 0 Å². The first-order valence-electron chi connectivity index (χ1n) is 12.4. The predicted molar refractivity (Wildman–Crippen MR) is 143 cm³/mol. The van der Waals surface area contributed by atoms with Gasteiger partial charge in [0.15, 0.2) is 23.0 Å². The molecule has 1 atom stereocenters. The number of fused-ring (bicyclic) bond motifs is 1. The Morgan fingerprint density at radius 3 is 2.19 bits per heavy atom. The molecule has 1 aliphatic heterocycles. The first kappa shape index (κ1) is 26.2. The quantitative estimate of drug-likeness (QED) is 0.374. The van der Waals surface area contributed by atoms with Gasteiger partial charge in [0, 0.05) is 6.54 Å². The number of amides is 1. The zero-order valence-electron chi connectivity index (χ0n) is 22.4. The van der Waals surface area contributed by atoms with Crippen molar-refractivity contribution in [2.45, 2.75) is 32.2 Å². The third-order valence-electron chi connectivity index (χ3n) is 6.85. The first-order valence-corrected chi connectivity index (χ1v) is 12.4. The van der Waals surface area contributed by atoms with Crippen LogP contribution in [-0.4, -0.2) is 52.4 Å². The van der Waals surface area contributed by atoms with Gasteiger partial charge < -0.3 is 28.6 Å². The molecule has 37 heavy (non-hydrogen) atoms. The van der Waals surface area contributed by atoms with Crippen LogP contribution in [0.25, 0.3) is 0 Å². The third kappa shape index (κ3) is 5.31. The Labute approximate surface area is 218 Å². The van der Waals surface area contributed by atoms with E-state index < -0.39 is 0 Å². The van der Waals surface area contributed by atoms with Crippen LogP contribution in [0.5, 0.6) is 28.7 Å². The van der Waals surface area contributed by atoms with Gasteiger partial charge in [-0.1, -0.05) is 32.0 Å². The lowest BCUT2D eigenvalue weighted by molar-refractivity contribution is 0.0585. The van der Waals surface area contributed by atoms with E-state index in [1.54, 1.807) is 46.6 Å². The van der Waals surface area contributed by atoms with Crippen molar-refractivity contribution in [2.75, 3.05) is 41.6 Å². The van der Waals surface area contributed by atoms with Crippen molar-refractivity contribution < 1.29 is 28.5 Å². The maximum absolute atomic E-state index is 14.0. The maximum Gasteiger partial charge on any atom is 0.258 e. The van der Waals surface area contributed by atoms with Gasteiger partial charge in [0.05, 0.1) is 40.0 Å². The number of para-hydroxylation sites is 1. The number of hydrogen-bond donors (Lipinski definition) is 0. The van der Waals surface area contributed by atoms with E-state index in [1.807, 2.05) is 29.2 Å². The van der Waals surface area contributed by atoms with E-state index in [2.05, 4.69) is 26.0 Å². The van der Waals surface area contributed by atoms with Gasteiger partial charge in [0.25, 0.3) is 5.91 Å². The average molecular weight is 506 g/mol. The molecule has 7 heteroatoms. The number of methoxy groups -OCH3 is 4. The van der Waals surface area contributed by atoms with E-state index in [0.29, 0.717) is 47.4 Å². The molecule has 0 radical (unpaired) electrons. The number of nitrogens with zero attached hydrogens (tertiary/aromatic N) is 1. The van der Waals surface area contributed by atoms with Crippen LogP contribution >= 0.6 is 0 Å². The molecule has 0 saturated heterocycles. The molecule has 1 amide bonds. The molecule has 4 rings (SSSR count). The molecule has 196 valence electrons. The minimum absolute atomic E-state index is 0.153. The van der Waals surface area contributed by atoms with Crippen molar-refractivity contribution in [3.63, 3.8) is 0 Å². The monoisotopic (exact) mass is 505 g/mol. The molecule has 0 spiro atoms. The highest BCUT2D eigenvalue weighted by molar-refractivity contribution is 5.98. The Hall–Kier alpha value is -3.87. The molecule has 0 unspecified atom stereocenters. The van der Waals surface area contributed by atoms with Gasteiger partial charge in [-0.05, 0) is 65.4 Å². The Bertz CT molecular complexity index is 1240. The van der Waals surface area contributed by atoms with Crippen molar-refractivity contribution >= 4 is 5.91 Å². The predicted octanol–water partition coefficient (Wildman–Crippen LogP) is 5.66. The van der Waals surface area contributed by atoms with Crippen molar-refractivity contribution in [1.29, 1.82) is 0 Å². The molecular formula is C30H35NO6. The van der Waals surface area contributed by atoms with Gasteiger partial charge in [0.2, 0.25) is 0 Å². The smallest absolute Gasteiger partial charge is 0.258 e. The summed E-state index contributed by atoms with van der Waals surface area (Å²) in [6.07, 6.45) is 0.674. The molecular weight excluding hydrogens is 470 g/mol. The summed E-state index contributed by atoms with van der Waals surface area (Å²) in [5, 5.41) is 0. The maximum atomic E-state index is 14.0. The van der Waals surface area contributed by atoms with E-state index in [-0.39, 0.29) is 18.6 Å². The lowest BCUT2D eigenvalue weighted by Crippen LogP contribution is -2.42. The molecule has 0 aliphatic carbocycles. The highest BCUT2D eigenvalue weighted by Gasteiger charge is 2.35. The van der Waals surface area contributed by atoms with Gasteiger partial charge in [-0.2, -0.15) is 0 Å². The third-order valence-corrected chi connectivity index (χ3v) is 6.85. The zero-order chi connectivity index (χ0) is 26.5. The lowest BCUT2D eigenvalue weighted by atomic mass is 9.91. The van der Waals surface area contributed by atoms with Crippen LogP contribution in [0.2, 0.25) is 0 Å². The van der Waals surface area contributed by atoms with Gasteiger partial charge in [0.1, 0.15) is 12.4 Å². The summed E-state index contributed by atoms with van der Waals surface area (Å²) in [6.45, 7) is 5.11. The minimum atomic E-state index is -0.350. The summed E-state index contributed by atoms with van der Waals surface area (Å²) in [7, 11) is 6.33. The minimum Gasteiger partial charge on any atom is -0.493 e.